The summed E-state index contributed by atoms with van der Waals surface area (Å²) in [6.07, 6.45) is 6.56. The Hall–Kier alpha value is -3.55. The number of aromatic amines is 1. The van der Waals surface area contributed by atoms with E-state index >= 15 is 0 Å². The first-order chi connectivity index (χ1) is 14.2. The van der Waals surface area contributed by atoms with Crippen LogP contribution < -0.4 is 5.48 Å². The summed E-state index contributed by atoms with van der Waals surface area (Å²) in [4.78, 5) is 27.2. The smallest absolute Gasteiger partial charge is 0.361 e. The molecular formula is C21H22N6O2. The first-order valence-corrected chi connectivity index (χ1v) is 9.84. The summed E-state index contributed by atoms with van der Waals surface area (Å²) in [5, 5.41) is 5.63. The van der Waals surface area contributed by atoms with Crippen molar-refractivity contribution in [3.8, 4) is 11.1 Å². The first kappa shape index (κ1) is 17.5. The maximum atomic E-state index is 12.3. The van der Waals surface area contributed by atoms with E-state index in [9.17, 15) is 4.79 Å². The van der Waals surface area contributed by atoms with Crippen LogP contribution in [0.1, 0.15) is 25.0 Å². The number of para-hydroxylation sites is 1. The van der Waals surface area contributed by atoms with E-state index in [2.05, 4.69) is 26.6 Å². The Kier molecular flexibility index (Phi) is 4.31. The largest absolute Gasteiger partial charge is 0.434 e. The van der Waals surface area contributed by atoms with Crippen LogP contribution >= 0.6 is 0 Å². The maximum absolute atomic E-state index is 12.3. The van der Waals surface area contributed by atoms with Gasteiger partial charge in [-0.15, -0.1) is 5.10 Å². The van der Waals surface area contributed by atoms with Gasteiger partial charge in [0.15, 0.2) is 11.5 Å². The Morgan fingerprint density at radius 3 is 2.86 bits per heavy atom. The highest BCUT2D eigenvalue weighted by Crippen LogP contribution is 2.32. The monoisotopic (exact) mass is 390 g/mol. The molecular weight excluding hydrogens is 368 g/mol. The van der Waals surface area contributed by atoms with Gasteiger partial charge in [0.05, 0.1) is 11.9 Å². The molecule has 2 N–H and O–H groups in total. The van der Waals surface area contributed by atoms with Gasteiger partial charge in [0.2, 0.25) is 0 Å². The van der Waals surface area contributed by atoms with E-state index < -0.39 is 0 Å². The molecule has 4 aromatic rings. The summed E-state index contributed by atoms with van der Waals surface area (Å²) >= 11 is 0. The third-order valence-corrected chi connectivity index (χ3v) is 5.37. The standard InChI is InChI=1S/C21H22N6O2/c1-14-12-23-20-16(17-13-22-18-8-4-3-7-15(17)18)11-19(24-27(14)20)25-29-21(28)26-9-5-2-6-10-26/h3-4,7-8,11-13,22H,2,5-6,9-10H2,1H3,(H,24,25). The van der Waals surface area contributed by atoms with E-state index in [1.54, 1.807) is 15.6 Å². The summed E-state index contributed by atoms with van der Waals surface area (Å²) in [5.41, 5.74) is 7.36. The van der Waals surface area contributed by atoms with Crippen LogP contribution in [-0.2, 0) is 4.84 Å². The van der Waals surface area contributed by atoms with Gasteiger partial charge >= 0.3 is 6.09 Å². The first-order valence-electron chi connectivity index (χ1n) is 9.84. The van der Waals surface area contributed by atoms with Crippen molar-refractivity contribution in [2.75, 3.05) is 18.6 Å². The second kappa shape index (κ2) is 7.12. The molecule has 1 saturated heterocycles. The average molecular weight is 390 g/mol. The van der Waals surface area contributed by atoms with Crippen molar-refractivity contribution in [3.63, 3.8) is 0 Å². The number of anilines is 1. The highest BCUT2D eigenvalue weighted by Gasteiger charge is 2.19. The molecule has 5 rings (SSSR count). The third kappa shape index (κ3) is 3.16. The second-order valence-corrected chi connectivity index (χ2v) is 7.34. The molecule has 0 saturated carbocycles. The van der Waals surface area contributed by atoms with E-state index in [1.165, 1.54) is 0 Å². The number of benzene rings is 1. The maximum Gasteiger partial charge on any atom is 0.434 e. The molecule has 148 valence electrons. The lowest BCUT2D eigenvalue weighted by molar-refractivity contribution is 0.114. The molecule has 8 nitrogen and oxygen atoms in total. The van der Waals surface area contributed by atoms with Gasteiger partial charge < -0.3 is 14.7 Å². The van der Waals surface area contributed by atoms with Crippen LogP contribution in [0.4, 0.5) is 10.6 Å². The van der Waals surface area contributed by atoms with E-state index in [4.69, 9.17) is 4.84 Å². The Labute approximate surface area is 167 Å². The van der Waals surface area contributed by atoms with Crippen molar-refractivity contribution in [3.05, 3.63) is 48.4 Å². The number of likely N-dealkylation sites (tertiary alicyclic amines) is 1. The van der Waals surface area contributed by atoms with Gasteiger partial charge in [-0.1, -0.05) is 18.2 Å². The number of carbonyl (C=O) groups is 1. The second-order valence-electron chi connectivity index (χ2n) is 7.34. The molecule has 0 unspecified atom stereocenters. The Morgan fingerprint density at radius 1 is 1.17 bits per heavy atom. The Bertz CT molecular complexity index is 1190. The molecule has 0 bridgehead atoms. The number of hydrogen-bond donors (Lipinski definition) is 2. The molecule has 1 aromatic carbocycles. The van der Waals surface area contributed by atoms with E-state index in [1.807, 2.05) is 37.4 Å². The fraction of sp³-hybridized carbons (Fsp3) is 0.286. The number of H-pyrrole nitrogens is 1. The number of imidazole rings is 1. The van der Waals surface area contributed by atoms with Crippen molar-refractivity contribution in [1.29, 1.82) is 0 Å². The predicted molar refractivity (Wildman–Crippen MR) is 111 cm³/mol. The van der Waals surface area contributed by atoms with Crippen LogP contribution in [0.3, 0.4) is 0 Å². The zero-order valence-electron chi connectivity index (χ0n) is 16.2. The average Bonchev–Trinajstić information content (AvgIpc) is 3.36. The van der Waals surface area contributed by atoms with Crippen molar-refractivity contribution in [2.45, 2.75) is 26.2 Å². The minimum atomic E-state index is -0.373. The zero-order chi connectivity index (χ0) is 19.8. The number of hydrogen-bond acceptors (Lipinski definition) is 5. The van der Waals surface area contributed by atoms with Crippen LogP contribution in [0.5, 0.6) is 0 Å². The Morgan fingerprint density at radius 2 is 2.00 bits per heavy atom. The van der Waals surface area contributed by atoms with Gasteiger partial charge in [0, 0.05) is 41.3 Å². The fourth-order valence-electron chi connectivity index (χ4n) is 3.86. The van der Waals surface area contributed by atoms with E-state index in [0.717, 1.165) is 65.7 Å². The zero-order valence-corrected chi connectivity index (χ0v) is 16.2. The predicted octanol–water partition coefficient (Wildman–Crippen LogP) is 4.14. The van der Waals surface area contributed by atoms with Gasteiger partial charge in [-0.25, -0.2) is 14.3 Å². The molecule has 0 spiro atoms. The number of carbonyl (C=O) groups excluding carboxylic acids is 1. The number of piperidine rings is 1. The number of rotatable bonds is 3. The van der Waals surface area contributed by atoms with Gasteiger partial charge in [-0.2, -0.15) is 5.48 Å². The number of nitrogens with zero attached hydrogens (tertiary/aromatic N) is 4. The number of fused-ring (bicyclic) bond motifs is 2. The molecule has 0 atom stereocenters. The fourth-order valence-corrected chi connectivity index (χ4v) is 3.86. The lowest BCUT2D eigenvalue weighted by Gasteiger charge is -2.25. The highest BCUT2D eigenvalue weighted by molar-refractivity contribution is 5.99. The minimum Gasteiger partial charge on any atom is -0.361 e. The van der Waals surface area contributed by atoms with Gasteiger partial charge in [-0.3, -0.25) is 0 Å². The van der Waals surface area contributed by atoms with Gasteiger partial charge in [0.25, 0.3) is 0 Å². The lowest BCUT2D eigenvalue weighted by Crippen LogP contribution is -2.37. The number of amides is 1. The minimum absolute atomic E-state index is 0.373. The molecule has 8 heteroatoms. The van der Waals surface area contributed by atoms with Crippen LogP contribution in [-0.4, -0.2) is 43.7 Å². The molecule has 0 radical (unpaired) electrons. The summed E-state index contributed by atoms with van der Waals surface area (Å²) in [6, 6.07) is 9.97. The van der Waals surface area contributed by atoms with Gasteiger partial charge in [0.1, 0.15) is 0 Å². The molecule has 29 heavy (non-hydrogen) atoms. The third-order valence-electron chi connectivity index (χ3n) is 5.37. The summed E-state index contributed by atoms with van der Waals surface area (Å²) in [5.74, 6) is 0.448. The molecule has 1 fully saturated rings. The normalized spacial score (nSPS) is 14.4. The van der Waals surface area contributed by atoms with Crippen LogP contribution in [0.15, 0.2) is 42.7 Å². The Balaban J connectivity index is 1.50. The quantitative estimate of drug-likeness (QED) is 0.514. The number of nitrogens with one attached hydrogen (secondary N) is 2. The van der Waals surface area contributed by atoms with Crippen LogP contribution in [0, 0.1) is 6.92 Å². The molecule has 4 heterocycles. The van der Waals surface area contributed by atoms with E-state index in [-0.39, 0.29) is 6.09 Å². The van der Waals surface area contributed by atoms with Crippen LogP contribution in [0.25, 0.3) is 27.7 Å². The highest BCUT2D eigenvalue weighted by atomic mass is 16.7. The van der Waals surface area contributed by atoms with Crippen molar-refractivity contribution >= 4 is 28.5 Å². The number of aromatic nitrogens is 4. The summed E-state index contributed by atoms with van der Waals surface area (Å²) < 4.78 is 1.76. The molecule has 1 aliphatic rings. The summed E-state index contributed by atoms with van der Waals surface area (Å²) in [6.45, 7) is 3.40. The lowest BCUT2D eigenvalue weighted by atomic mass is 10.1. The molecule has 3 aromatic heterocycles. The van der Waals surface area contributed by atoms with Crippen molar-refractivity contribution in [1.82, 2.24) is 24.5 Å². The number of aryl methyl sites for hydroxylation is 1. The van der Waals surface area contributed by atoms with Crippen molar-refractivity contribution in [2.24, 2.45) is 0 Å². The van der Waals surface area contributed by atoms with Crippen LogP contribution in [0.2, 0.25) is 0 Å². The summed E-state index contributed by atoms with van der Waals surface area (Å²) in [7, 11) is 0. The molecule has 1 aliphatic heterocycles. The van der Waals surface area contributed by atoms with E-state index in [0.29, 0.717) is 5.82 Å². The topological polar surface area (TPSA) is 87.5 Å². The molecule has 0 aliphatic carbocycles. The SMILES string of the molecule is Cc1cnc2c(-c3c[nH]c4ccccc34)cc(NOC(=O)N3CCCCC3)nn12. The van der Waals surface area contributed by atoms with Crippen molar-refractivity contribution < 1.29 is 9.63 Å². The van der Waals surface area contributed by atoms with Gasteiger partial charge in [-0.05, 0) is 38.3 Å². The molecule has 1 amide bonds.